The largest absolute Gasteiger partial charge is 0.396 e. The molecule has 0 aliphatic rings. The van der Waals surface area contributed by atoms with E-state index in [1.807, 2.05) is 13.8 Å². The highest BCUT2D eigenvalue weighted by Gasteiger charge is 2.18. The van der Waals surface area contributed by atoms with Gasteiger partial charge in [0.2, 0.25) is 0 Å². The molecule has 0 bridgehead atoms. The summed E-state index contributed by atoms with van der Waals surface area (Å²) < 4.78 is 26.7. The summed E-state index contributed by atoms with van der Waals surface area (Å²) in [4.78, 5) is 0. The maximum atomic E-state index is 13.6. The number of halogens is 2. The van der Waals surface area contributed by atoms with Gasteiger partial charge in [-0.1, -0.05) is 13.8 Å². The zero-order valence-electron chi connectivity index (χ0n) is 11.1. The molecule has 102 valence electrons. The van der Waals surface area contributed by atoms with Crippen LogP contribution in [0.4, 0.5) is 8.78 Å². The first-order valence-electron chi connectivity index (χ1n) is 6.27. The lowest BCUT2D eigenvalue weighted by molar-refractivity contribution is 0.236. The van der Waals surface area contributed by atoms with Gasteiger partial charge < -0.3 is 10.4 Å². The molecule has 0 aliphatic heterocycles. The third-order valence-corrected chi connectivity index (χ3v) is 3.13. The normalized spacial score (nSPS) is 14.8. The molecule has 1 aromatic carbocycles. The number of hydrogen-bond donors (Lipinski definition) is 2. The number of benzene rings is 1. The van der Waals surface area contributed by atoms with Crippen LogP contribution in [0.15, 0.2) is 18.2 Å². The van der Waals surface area contributed by atoms with Gasteiger partial charge in [-0.2, -0.15) is 0 Å². The van der Waals surface area contributed by atoms with Crippen molar-refractivity contribution in [2.75, 3.05) is 6.61 Å². The Labute approximate surface area is 107 Å². The Morgan fingerprint density at radius 3 is 2.44 bits per heavy atom. The molecule has 0 heterocycles. The molecule has 0 saturated carbocycles. The van der Waals surface area contributed by atoms with Gasteiger partial charge in [-0.3, -0.25) is 0 Å². The summed E-state index contributed by atoms with van der Waals surface area (Å²) >= 11 is 0. The van der Waals surface area contributed by atoms with E-state index in [1.165, 1.54) is 6.07 Å². The lowest BCUT2D eigenvalue weighted by Crippen LogP contribution is -2.36. The van der Waals surface area contributed by atoms with Crippen molar-refractivity contribution in [1.82, 2.24) is 5.32 Å². The first-order valence-corrected chi connectivity index (χ1v) is 6.27. The lowest BCUT2D eigenvalue weighted by atomic mass is 9.98. The molecule has 0 radical (unpaired) electrons. The first-order chi connectivity index (χ1) is 8.45. The fraction of sp³-hybridized carbons (Fsp3) is 0.571. The van der Waals surface area contributed by atoms with Gasteiger partial charge in [-0.15, -0.1) is 0 Å². The summed E-state index contributed by atoms with van der Waals surface area (Å²) in [6.07, 6.45) is 0.596. The molecule has 0 aliphatic carbocycles. The Morgan fingerprint density at radius 1 is 1.22 bits per heavy atom. The zero-order chi connectivity index (χ0) is 13.7. The van der Waals surface area contributed by atoms with E-state index >= 15 is 0 Å². The minimum Gasteiger partial charge on any atom is -0.396 e. The van der Waals surface area contributed by atoms with Crippen LogP contribution in [0.3, 0.4) is 0 Å². The average molecular weight is 257 g/mol. The second-order valence-electron chi connectivity index (χ2n) is 4.92. The molecule has 1 aromatic rings. The monoisotopic (exact) mass is 257 g/mol. The fourth-order valence-electron chi connectivity index (χ4n) is 2.01. The van der Waals surface area contributed by atoms with Crippen molar-refractivity contribution >= 4 is 0 Å². The fourth-order valence-corrected chi connectivity index (χ4v) is 2.01. The quantitative estimate of drug-likeness (QED) is 0.821. The molecule has 0 saturated heterocycles. The van der Waals surface area contributed by atoms with Crippen LogP contribution in [0.1, 0.15) is 38.8 Å². The summed E-state index contributed by atoms with van der Waals surface area (Å²) in [7, 11) is 0. The van der Waals surface area contributed by atoms with E-state index in [4.69, 9.17) is 5.11 Å². The van der Waals surface area contributed by atoms with Crippen LogP contribution in [0.25, 0.3) is 0 Å². The third kappa shape index (κ3) is 4.03. The highest BCUT2D eigenvalue weighted by atomic mass is 19.1. The number of hydrogen-bond acceptors (Lipinski definition) is 2. The Hall–Kier alpha value is -1.00. The average Bonchev–Trinajstić information content (AvgIpc) is 2.31. The van der Waals surface area contributed by atoms with E-state index in [0.29, 0.717) is 17.9 Å². The Bertz CT molecular complexity index is 382. The highest BCUT2D eigenvalue weighted by Crippen LogP contribution is 2.20. The molecule has 0 amide bonds. The van der Waals surface area contributed by atoms with Crippen molar-refractivity contribution in [3.63, 3.8) is 0 Å². The van der Waals surface area contributed by atoms with Gasteiger partial charge in [0.15, 0.2) is 0 Å². The number of rotatable bonds is 6. The Balaban J connectivity index is 2.79. The van der Waals surface area contributed by atoms with E-state index < -0.39 is 11.6 Å². The van der Waals surface area contributed by atoms with Gasteiger partial charge in [-0.25, -0.2) is 8.78 Å². The molecule has 0 spiro atoms. The molecular formula is C14H21F2NO. The van der Waals surface area contributed by atoms with Crippen molar-refractivity contribution in [1.29, 1.82) is 0 Å². The van der Waals surface area contributed by atoms with Crippen LogP contribution >= 0.6 is 0 Å². The van der Waals surface area contributed by atoms with Crippen LogP contribution in [0.2, 0.25) is 0 Å². The summed E-state index contributed by atoms with van der Waals surface area (Å²) in [6, 6.07) is 3.24. The van der Waals surface area contributed by atoms with Crippen LogP contribution < -0.4 is 5.32 Å². The summed E-state index contributed by atoms with van der Waals surface area (Å²) in [5, 5.41) is 12.2. The molecule has 2 nitrogen and oxygen atoms in total. The second kappa shape index (κ2) is 6.81. The summed E-state index contributed by atoms with van der Waals surface area (Å²) in [5.41, 5.74) is 0.318. The van der Waals surface area contributed by atoms with E-state index in [0.717, 1.165) is 12.1 Å². The smallest absolute Gasteiger partial charge is 0.128 e. The molecule has 0 fully saturated rings. The Morgan fingerprint density at radius 2 is 1.89 bits per heavy atom. The topological polar surface area (TPSA) is 32.3 Å². The third-order valence-electron chi connectivity index (χ3n) is 3.13. The summed E-state index contributed by atoms with van der Waals surface area (Å²) in [5.74, 6) is -0.539. The van der Waals surface area contributed by atoms with Crippen molar-refractivity contribution < 1.29 is 13.9 Å². The highest BCUT2D eigenvalue weighted by molar-refractivity contribution is 5.22. The van der Waals surface area contributed by atoms with E-state index in [-0.39, 0.29) is 18.7 Å². The van der Waals surface area contributed by atoms with E-state index in [9.17, 15) is 8.78 Å². The molecule has 18 heavy (non-hydrogen) atoms. The molecule has 1 rings (SSSR count). The predicted octanol–water partition coefficient (Wildman–Crippen LogP) is 3.02. The maximum Gasteiger partial charge on any atom is 0.128 e. The van der Waals surface area contributed by atoms with Crippen LogP contribution in [-0.2, 0) is 0 Å². The van der Waals surface area contributed by atoms with Crippen molar-refractivity contribution in [2.24, 2.45) is 5.92 Å². The van der Waals surface area contributed by atoms with Crippen molar-refractivity contribution in [3.05, 3.63) is 35.4 Å². The minimum atomic E-state index is -0.441. The summed E-state index contributed by atoms with van der Waals surface area (Å²) in [6.45, 7) is 5.93. The van der Waals surface area contributed by atoms with Gasteiger partial charge in [-0.05, 0) is 37.5 Å². The molecule has 2 N–H and O–H groups in total. The molecular weight excluding hydrogens is 236 g/mol. The van der Waals surface area contributed by atoms with Gasteiger partial charge in [0.05, 0.1) is 0 Å². The maximum absolute atomic E-state index is 13.6. The lowest BCUT2D eigenvalue weighted by Gasteiger charge is -2.26. The standard InChI is InChI=1S/C14H21F2NO/c1-9(2)14(6-7-18)17-10(3)12-8-11(15)4-5-13(12)16/h4-5,8-10,14,17-18H,6-7H2,1-3H3. The van der Waals surface area contributed by atoms with E-state index in [1.54, 1.807) is 6.92 Å². The number of aliphatic hydroxyl groups excluding tert-OH is 1. The van der Waals surface area contributed by atoms with Gasteiger partial charge in [0, 0.05) is 24.3 Å². The number of aliphatic hydroxyl groups is 1. The van der Waals surface area contributed by atoms with Crippen molar-refractivity contribution in [2.45, 2.75) is 39.3 Å². The number of nitrogens with one attached hydrogen (secondary N) is 1. The van der Waals surface area contributed by atoms with Gasteiger partial charge >= 0.3 is 0 Å². The molecule has 0 aromatic heterocycles. The molecule has 4 heteroatoms. The minimum absolute atomic E-state index is 0.0765. The Kier molecular flexibility index (Phi) is 5.69. The molecule has 2 atom stereocenters. The van der Waals surface area contributed by atoms with Crippen LogP contribution in [-0.4, -0.2) is 17.8 Å². The van der Waals surface area contributed by atoms with Crippen LogP contribution in [0, 0.1) is 17.6 Å². The van der Waals surface area contributed by atoms with E-state index in [2.05, 4.69) is 5.32 Å². The van der Waals surface area contributed by atoms with Gasteiger partial charge in [0.1, 0.15) is 11.6 Å². The predicted molar refractivity (Wildman–Crippen MR) is 68.2 cm³/mol. The first kappa shape index (κ1) is 15.1. The van der Waals surface area contributed by atoms with Crippen molar-refractivity contribution in [3.8, 4) is 0 Å². The molecule has 2 unspecified atom stereocenters. The SMILES string of the molecule is CC(NC(CCO)C(C)C)c1cc(F)ccc1F. The zero-order valence-corrected chi connectivity index (χ0v) is 11.1. The second-order valence-corrected chi connectivity index (χ2v) is 4.92. The van der Waals surface area contributed by atoms with Crippen LogP contribution in [0.5, 0.6) is 0 Å². The van der Waals surface area contributed by atoms with Gasteiger partial charge in [0.25, 0.3) is 0 Å².